The van der Waals surface area contributed by atoms with Crippen molar-refractivity contribution in [2.45, 2.75) is 19.9 Å². The molecule has 0 aliphatic carbocycles. The van der Waals surface area contributed by atoms with Crippen LogP contribution in [-0.2, 0) is 4.79 Å². The van der Waals surface area contributed by atoms with Gasteiger partial charge in [0.1, 0.15) is 0 Å². The van der Waals surface area contributed by atoms with Gasteiger partial charge in [0.2, 0.25) is 0 Å². The Balaban J connectivity index is 2.08. The number of likely N-dealkylation sites (N-methyl/N-ethyl adjacent to an activating group) is 3. The van der Waals surface area contributed by atoms with Gasteiger partial charge >= 0.3 is 11.9 Å². The maximum atomic E-state index is 13.0. The number of nitrogens with zero attached hydrogens (tertiary/aromatic N) is 4. The number of benzene rings is 1. The average Bonchev–Trinajstić information content (AvgIpc) is 3.12. The van der Waals surface area contributed by atoms with Crippen LogP contribution in [-0.4, -0.2) is 78.3 Å². The van der Waals surface area contributed by atoms with Gasteiger partial charge in [-0.2, -0.15) is 0 Å². The Labute approximate surface area is 168 Å². The van der Waals surface area contributed by atoms with Gasteiger partial charge in [-0.3, -0.25) is 14.6 Å². The predicted octanol–water partition coefficient (Wildman–Crippen LogP) is 1.84. The molecule has 0 saturated carbocycles. The summed E-state index contributed by atoms with van der Waals surface area (Å²) < 4.78 is 35.5. The summed E-state index contributed by atoms with van der Waals surface area (Å²) in [6.07, 6.45) is 3.18. The van der Waals surface area contributed by atoms with Crippen molar-refractivity contribution in [3.8, 4) is 11.5 Å². The molecule has 28 heavy (non-hydrogen) atoms. The lowest BCUT2D eigenvalue weighted by atomic mass is 10.1. The lowest BCUT2D eigenvalue weighted by Crippen LogP contribution is -2.63. The molecule has 3 rings (SSSR count). The molecule has 1 atom stereocenters. The van der Waals surface area contributed by atoms with E-state index in [1.54, 1.807) is 38.1 Å². The third-order valence-corrected chi connectivity index (χ3v) is 4.68. The number of fused-ring (bicyclic) bond motifs is 1. The summed E-state index contributed by atoms with van der Waals surface area (Å²) in [4.78, 5) is 32.4. The second-order valence-corrected chi connectivity index (χ2v) is 6.16. The third kappa shape index (κ3) is 3.15. The first kappa shape index (κ1) is 15.9. The zero-order chi connectivity index (χ0) is 22.9. The summed E-state index contributed by atoms with van der Waals surface area (Å²) >= 11 is 0. The van der Waals surface area contributed by atoms with E-state index in [-0.39, 0.29) is 24.8 Å². The van der Waals surface area contributed by atoms with Crippen molar-refractivity contribution in [1.29, 1.82) is 0 Å². The van der Waals surface area contributed by atoms with Crippen molar-refractivity contribution in [3.63, 3.8) is 0 Å². The number of methoxy groups -OCH3 is 2. The van der Waals surface area contributed by atoms with E-state index in [1.165, 1.54) is 25.2 Å². The van der Waals surface area contributed by atoms with Gasteiger partial charge in [0.05, 0.1) is 25.3 Å². The van der Waals surface area contributed by atoms with Gasteiger partial charge in [-0.25, -0.2) is 9.37 Å². The van der Waals surface area contributed by atoms with Crippen LogP contribution in [0.1, 0.15) is 23.5 Å². The smallest absolute Gasteiger partial charge is 0.334 e. The van der Waals surface area contributed by atoms with E-state index in [2.05, 4.69) is 4.99 Å². The zero-order valence-electron chi connectivity index (χ0n) is 19.3. The standard InChI is InChI=1S/C20H25N4O4/c1-6-23-18-17(19(25)24(7-2)20(23)26)22(3)16(21-18)11-9-13-8-10-14(27-4)15(12-13)28-5/h8-12,17H,6-7H2,1-5H3/q+1/b11-9+/i3+1D3. The van der Waals surface area contributed by atoms with Gasteiger partial charge in [0.15, 0.2) is 11.5 Å². The molecule has 8 heteroatoms. The van der Waals surface area contributed by atoms with Crippen LogP contribution in [0.2, 0.25) is 0 Å². The molecule has 0 N–H and O–H groups in total. The van der Waals surface area contributed by atoms with Crippen molar-refractivity contribution < 1.29 is 27.8 Å². The summed E-state index contributed by atoms with van der Waals surface area (Å²) in [5.41, 5.74) is 0.718. The first-order chi connectivity index (χ1) is 14.7. The van der Waals surface area contributed by atoms with Crippen molar-refractivity contribution in [3.05, 3.63) is 29.8 Å². The average molecular weight is 389 g/mol. The molecule has 148 valence electrons. The minimum absolute atomic E-state index is 0.0762. The highest BCUT2D eigenvalue weighted by Crippen LogP contribution is 2.28. The van der Waals surface area contributed by atoms with Gasteiger partial charge in [0, 0.05) is 19.2 Å². The Morgan fingerprint density at radius 1 is 1.14 bits per heavy atom. The number of hydrogen-bond donors (Lipinski definition) is 0. The lowest BCUT2D eigenvalue weighted by molar-refractivity contribution is -0.504. The van der Waals surface area contributed by atoms with E-state index in [4.69, 9.17) is 13.6 Å². The Morgan fingerprint density at radius 2 is 1.86 bits per heavy atom. The molecule has 1 aromatic rings. The molecule has 3 amide bonds. The molecule has 1 unspecified atom stereocenters. The summed E-state index contributed by atoms with van der Waals surface area (Å²) in [5, 5.41) is 0. The second-order valence-electron chi connectivity index (χ2n) is 6.16. The van der Waals surface area contributed by atoms with E-state index >= 15 is 0 Å². The fourth-order valence-electron chi connectivity index (χ4n) is 3.23. The van der Waals surface area contributed by atoms with Crippen molar-refractivity contribution >= 4 is 29.7 Å². The number of ether oxygens (including phenoxy) is 2. The molecule has 0 aromatic heterocycles. The Kier molecular flexibility index (Phi) is 4.44. The zero-order valence-corrected chi connectivity index (χ0v) is 16.3. The molecule has 2 aliphatic heterocycles. The summed E-state index contributed by atoms with van der Waals surface area (Å²) in [5.74, 6) is 0.690. The van der Waals surface area contributed by atoms with Crippen LogP contribution in [0.5, 0.6) is 11.5 Å². The maximum Gasteiger partial charge on any atom is 0.334 e. The third-order valence-electron chi connectivity index (χ3n) is 4.68. The number of imide groups is 1. The first-order valence-electron chi connectivity index (χ1n) is 10.5. The highest BCUT2D eigenvalue weighted by Gasteiger charge is 2.52. The van der Waals surface area contributed by atoms with Crippen LogP contribution in [0.15, 0.2) is 29.3 Å². The van der Waals surface area contributed by atoms with Crippen molar-refractivity contribution in [2.75, 3.05) is 34.3 Å². The Bertz CT molecular complexity index is 1000. The summed E-state index contributed by atoms with van der Waals surface area (Å²) in [6, 6.07) is 3.55. The first-order valence-corrected chi connectivity index (χ1v) is 8.95. The maximum absolute atomic E-state index is 13.0. The lowest BCUT2D eigenvalue weighted by Gasteiger charge is -2.33. The molecular formula is C20H25N4O4+. The SMILES string of the molecule is [2H][13C]([2H])([2H])[N+]1=C(/C=C/c2ccc(OC)c(OC)c2)N=C2C1C(=O)N(CC)C(=O)N2CC. The minimum Gasteiger partial charge on any atom is -0.493 e. The summed E-state index contributed by atoms with van der Waals surface area (Å²) in [7, 11) is 3.05. The topological polar surface area (TPSA) is 74.5 Å². The van der Waals surface area contributed by atoms with Crippen LogP contribution >= 0.6 is 0 Å². The number of amides is 3. The number of hydrogen-bond acceptors (Lipinski definition) is 5. The molecule has 2 heterocycles. The Hall–Kier alpha value is -3.16. The number of carbonyl (C=O) groups excluding carboxylic acids is 2. The minimum atomic E-state index is -2.64. The van der Waals surface area contributed by atoms with E-state index in [1.807, 2.05) is 0 Å². The second kappa shape index (κ2) is 7.84. The van der Waals surface area contributed by atoms with Gasteiger partial charge < -0.3 is 9.47 Å². The quantitative estimate of drug-likeness (QED) is 0.550. The molecule has 2 aliphatic rings. The number of aliphatic imine (C=N–C) groups is 1. The van der Waals surface area contributed by atoms with Crippen LogP contribution in [0.25, 0.3) is 6.08 Å². The van der Waals surface area contributed by atoms with E-state index in [0.717, 1.165) is 15.0 Å². The monoisotopic (exact) mass is 389 g/mol. The number of urea groups is 1. The highest BCUT2D eigenvalue weighted by atomic mass is 16.5. The molecular weight excluding hydrogens is 361 g/mol. The highest BCUT2D eigenvalue weighted by molar-refractivity contribution is 6.24. The van der Waals surface area contributed by atoms with Crippen LogP contribution in [0.3, 0.4) is 0 Å². The van der Waals surface area contributed by atoms with E-state index < -0.39 is 25.0 Å². The van der Waals surface area contributed by atoms with Crippen molar-refractivity contribution in [1.82, 2.24) is 9.80 Å². The van der Waals surface area contributed by atoms with Crippen LogP contribution in [0, 0.1) is 0 Å². The number of rotatable bonds is 6. The van der Waals surface area contributed by atoms with E-state index in [9.17, 15) is 9.59 Å². The fraction of sp³-hybridized carbons (Fsp3) is 0.400. The Morgan fingerprint density at radius 3 is 2.46 bits per heavy atom. The van der Waals surface area contributed by atoms with Gasteiger partial charge in [0.25, 0.3) is 17.8 Å². The largest absolute Gasteiger partial charge is 0.493 e. The van der Waals surface area contributed by atoms with Gasteiger partial charge in [-0.1, -0.05) is 6.07 Å². The molecule has 1 saturated heterocycles. The predicted molar refractivity (Wildman–Crippen MR) is 106 cm³/mol. The van der Waals surface area contributed by atoms with Gasteiger partial charge in [-0.15, -0.1) is 0 Å². The number of carbonyl (C=O) groups is 2. The molecule has 0 bridgehead atoms. The van der Waals surface area contributed by atoms with Crippen LogP contribution in [0.4, 0.5) is 4.79 Å². The normalized spacial score (nSPS) is 21.5. The molecule has 1 fully saturated rings. The van der Waals surface area contributed by atoms with E-state index in [0.29, 0.717) is 11.5 Å². The van der Waals surface area contributed by atoms with Gasteiger partial charge in [-0.05, 0) is 42.6 Å². The molecule has 8 nitrogen and oxygen atoms in total. The molecule has 1 aromatic carbocycles. The van der Waals surface area contributed by atoms with Crippen molar-refractivity contribution in [2.24, 2.45) is 4.99 Å². The molecule has 0 spiro atoms. The summed E-state index contributed by atoms with van der Waals surface area (Å²) in [6.45, 7) is 1.19. The molecule has 0 radical (unpaired) electrons. The number of amidine groups is 2. The van der Waals surface area contributed by atoms with Crippen LogP contribution < -0.4 is 9.47 Å². The fourth-order valence-corrected chi connectivity index (χ4v) is 3.23.